The first-order valence-corrected chi connectivity index (χ1v) is 4.79. The number of methoxy groups -OCH3 is 2. The number of rotatable bonds is 4. The Kier molecular flexibility index (Phi) is 4.33. The zero-order chi connectivity index (χ0) is 10.4. The smallest absolute Gasteiger partial charge is 0.123 e. The molecule has 0 spiro atoms. The summed E-state index contributed by atoms with van der Waals surface area (Å²) in [4.78, 5) is 0. The molecule has 1 aromatic rings. The van der Waals surface area contributed by atoms with E-state index in [2.05, 4.69) is 0 Å². The third-order valence-corrected chi connectivity index (χ3v) is 1.95. The third-order valence-electron chi connectivity index (χ3n) is 1.77. The zero-order valence-electron chi connectivity index (χ0n) is 8.29. The number of ether oxygens (including phenoxy) is 2. The van der Waals surface area contributed by atoms with Crippen LogP contribution < -0.4 is 9.47 Å². The van der Waals surface area contributed by atoms with Crippen molar-refractivity contribution >= 4 is 17.7 Å². The molecule has 76 valence electrons. The first-order valence-electron chi connectivity index (χ1n) is 4.25. The molecule has 0 aromatic heterocycles. The molecule has 2 nitrogen and oxygen atoms in total. The number of benzene rings is 1. The van der Waals surface area contributed by atoms with Gasteiger partial charge in [0.2, 0.25) is 0 Å². The number of hydrogen-bond donors (Lipinski definition) is 0. The van der Waals surface area contributed by atoms with Gasteiger partial charge in [0.15, 0.2) is 0 Å². The van der Waals surface area contributed by atoms with Gasteiger partial charge in [-0.25, -0.2) is 0 Å². The summed E-state index contributed by atoms with van der Waals surface area (Å²) in [5.74, 6) is 2.05. The molecule has 0 saturated heterocycles. The van der Waals surface area contributed by atoms with E-state index in [4.69, 9.17) is 21.1 Å². The maximum absolute atomic E-state index is 5.55. The van der Waals surface area contributed by atoms with E-state index in [9.17, 15) is 0 Å². The van der Waals surface area contributed by atoms with Gasteiger partial charge in [-0.3, -0.25) is 0 Å². The Hall–Kier alpha value is -1.15. The molecule has 0 heterocycles. The summed E-state index contributed by atoms with van der Waals surface area (Å²) in [6.07, 6.45) is 3.80. The number of hydrogen-bond acceptors (Lipinski definition) is 2. The van der Waals surface area contributed by atoms with Crippen LogP contribution in [0.1, 0.15) is 5.56 Å². The fourth-order valence-electron chi connectivity index (χ4n) is 1.11. The summed E-state index contributed by atoms with van der Waals surface area (Å²) < 4.78 is 10.3. The lowest BCUT2D eigenvalue weighted by Crippen LogP contribution is -1.88. The molecule has 3 heteroatoms. The minimum atomic E-state index is 0.500. The van der Waals surface area contributed by atoms with Gasteiger partial charge in [-0.05, 0) is 17.7 Å². The van der Waals surface area contributed by atoms with Crippen LogP contribution >= 0.6 is 11.6 Å². The fraction of sp³-hybridized carbons (Fsp3) is 0.273. The molecule has 0 radical (unpaired) electrons. The van der Waals surface area contributed by atoms with Crippen LogP contribution in [0.2, 0.25) is 0 Å². The van der Waals surface area contributed by atoms with Crippen molar-refractivity contribution in [2.75, 3.05) is 20.1 Å². The molecule has 0 saturated carbocycles. The first-order chi connectivity index (χ1) is 6.80. The molecule has 0 atom stereocenters. The number of halogens is 1. The molecule has 0 aliphatic carbocycles. The highest BCUT2D eigenvalue weighted by Gasteiger charge is 1.98. The number of allylic oxidation sites excluding steroid dienone is 1. The van der Waals surface area contributed by atoms with Gasteiger partial charge in [-0.2, -0.15) is 0 Å². The molecule has 0 aliphatic rings. The molecule has 1 aromatic carbocycles. The lowest BCUT2D eigenvalue weighted by atomic mass is 10.2. The van der Waals surface area contributed by atoms with Crippen molar-refractivity contribution in [3.8, 4) is 11.5 Å². The molecule has 0 fully saturated rings. The average molecular weight is 213 g/mol. The molecule has 0 bridgehead atoms. The van der Waals surface area contributed by atoms with Gasteiger partial charge in [0.1, 0.15) is 11.5 Å². The highest BCUT2D eigenvalue weighted by molar-refractivity contribution is 6.19. The summed E-state index contributed by atoms with van der Waals surface area (Å²) in [6, 6.07) is 5.68. The summed E-state index contributed by atoms with van der Waals surface area (Å²) in [5.41, 5.74) is 1.02. The standard InChI is InChI=1S/C11H13ClO2/c1-13-10-6-9(4-3-5-12)7-11(8-10)14-2/h3-4,6-8H,5H2,1-2H3. The van der Waals surface area contributed by atoms with Crippen molar-refractivity contribution < 1.29 is 9.47 Å². The van der Waals surface area contributed by atoms with Crippen LogP contribution in [-0.4, -0.2) is 20.1 Å². The molecular formula is C11H13ClO2. The van der Waals surface area contributed by atoms with Crippen LogP contribution in [0.5, 0.6) is 11.5 Å². The highest BCUT2D eigenvalue weighted by atomic mass is 35.5. The van der Waals surface area contributed by atoms with E-state index in [1.165, 1.54) is 0 Å². The van der Waals surface area contributed by atoms with Gasteiger partial charge in [-0.15, -0.1) is 11.6 Å². The maximum Gasteiger partial charge on any atom is 0.123 e. The van der Waals surface area contributed by atoms with Crippen molar-refractivity contribution in [3.05, 3.63) is 29.8 Å². The minimum absolute atomic E-state index is 0.500. The highest BCUT2D eigenvalue weighted by Crippen LogP contribution is 2.23. The second-order valence-corrected chi connectivity index (χ2v) is 3.01. The van der Waals surface area contributed by atoms with Gasteiger partial charge >= 0.3 is 0 Å². The predicted molar refractivity (Wildman–Crippen MR) is 59.3 cm³/mol. The van der Waals surface area contributed by atoms with Crippen molar-refractivity contribution in [2.24, 2.45) is 0 Å². The Balaban J connectivity index is 2.98. The van der Waals surface area contributed by atoms with E-state index in [1.54, 1.807) is 14.2 Å². The monoisotopic (exact) mass is 212 g/mol. The second-order valence-electron chi connectivity index (χ2n) is 2.70. The maximum atomic E-state index is 5.55. The predicted octanol–water partition coefficient (Wildman–Crippen LogP) is 2.96. The summed E-state index contributed by atoms with van der Waals surface area (Å²) in [5, 5.41) is 0. The van der Waals surface area contributed by atoms with Crippen molar-refractivity contribution in [1.82, 2.24) is 0 Å². The molecule has 1 rings (SSSR count). The molecule has 0 amide bonds. The van der Waals surface area contributed by atoms with Gasteiger partial charge in [0.05, 0.1) is 14.2 Å². The molecular weight excluding hydrogens is 200 g/mol. The molecule has 0 aliphatic heterocycles. The SMILES string of the molecule is COc1cc(C=CCCl)cc(OC)c1. The quantitative estimate of drug-likeness (QED) is 0.715. The van der Waals surface area contributed by atoms with Gasteiger partial charge in [0.25, 0.3) is 0 Å². The van der Waals surface area contributed by atoms with Crippen LogP contribution in [0.15, 0.2) is 24.3 Å². The first kappa shape index (κ1) is 10.9. The van der Waals surface area contributed by atoms with Crippen molar-refractivity contribution in [2.45, 2.75) is 0 Å². The van der Waals surface area contributed by atoms with E-state index in [-0.39, 0.29) is 0 Å². The fourth-order valence-corrected chi connectivity index (χ4v) is 1.20. The third kappa shape index (κ3) is 2.96. The van der Waals surface area contributed by atoms with E-state index in [0.29, 0.717) is 5.88 Å². The summed E-state index contributed by atoms with van der Waals surface area (Å²) in [6.45, 7) is 0. The van der Waals surface area contributed by atoms with Gasteiger partial charge < -0.3 is 9.47 Å². The van der Waals surface area contributed by atoms with Crippen LogP contribution in [0, 0.1) is 0 Å². The zero-order valence-corrected chi connectivity index (χ0v) is 9.04. The van der Waals surface area contributed by atoms with Gasteiger partial charge in [-0.1, -0.05) is 12.2 Å². The molecule has 0 unspecified atom stereocenters. The summed E-state index contributed by atoms with van der Waals surface area (Å²) in [7, 11) is 3.26. The molecule has 14 heavy (non-hydrogen) atoms. The topological polar surface area (TPSA) is 18.5 Å². The van der Waals surface area contributed by atoms with Crippen LogP contribution in [0.3, 0.4) is 0 Å². The Morgan fingerprint density at radius 3 is 2.14 bits per heavy atom. The molecule has 0 N–H and O–H groups in total. The van der Waals surface area contributed by atoms with E-state index >= 15 is 0 Å². The van der Waals surface area contributed by atoms with Crippen LogP contribution in [0.25, 0.3) is 6.08 Å². The second kappa shape index (κ2) is 5.55. The van der Waals surface area contributed by atoms with Crippen LogP contribution in [-0.2, 0) is 0 Å². The Bertz CT molecular complexity index is 299. The average Bonchev–Trinajstić information content (AvgIpc) is 2.25. The van der Waals surface area contributed by atoms with E-state index in [0.717, 1.165) is 17.1 Å². The largest absolute Gasteiger partial charge is 0.497 e. The normalized spacial score (nSPS) is 10.5. The van der Waals surface area contributed by atoms with Gasteiger partial charge in [0, 0.05) is 11.9 Å². The minimum Gasteiger partial charge on any atom is -0.497 e. The van der Waals surface area contributed by atoms with Crippen molar-refractivity contribution in [3.63, 3.8) is 0 Å². The lowest BCUT2D eigenvalue weighted by Gasteiger charge is -2.05. The lowest BCUT2D eigenvalue weighted by molar-refractivity contribution is 0.394. The van der Waals surface area contributed by atoms with Crippen LogP contribution in [0.4, 0.5) is 0 Å². The summed E-state index contributed by atoms with van der Waals surface area (Å²) >= 11 is 5.55. The van der Waals surface area contributed by atoms with E-state index < -0.39 is 0 Å². The Labute approximate surface area is 89.1 Å². The van der Waals surface area contributed by atoms with E-state index in [1.807, 2.05) is 30.4 Å². The Morgan fingerprint density at radius 2 is 1.71 bits per heavy atom. The number of alkyl halides is 1. The van der Waals surface area contributed by atoms with Crippen molar-refractivity contribution in [1.29, 1.82) is 0 Å². The Morgan fingerprint density at radius 1 is 1.14 bits per heavy atom.